The molecule has 0 saturated heterocycles. The summed E-state index contributed by atoms with van der Waals surface area (Å²) in [4.78, 5) is 11.3. The number of thioether (sulfide) groups is 1. The Bertz CT molecular complexity index is 396. The molecule has 0 atom stereocenters. The summed E-state index contributed by atoms with van der Waals surface area (Å²) < 4.78 is 36.0. The topological polar surface area (TPSA) is 81.7 Å². The Kier molecular flexibility index (Phi) is 12.2. The number of carbonyl (C=O) groups is 1. The summed E-state index contributed by atoms with van der Waals surface area (Å²) in [7, 11) is -3.43. The molecule has 0 aliphatic heterocycles. The fraction of sp³-hybridized carbons (Fsp3) is 0.929. The molecule has 6 nitrogen and oxygen atoms in total. The van der Waals surface area contributed by atoms with Gasteiger partial charge in [0.15, 0.2) is 5.94 Å². The normalized spacial score (nSPS) is 12.3. The van der Waals surface area contributed by atoms with Gasteiger partial charge in [-0.15, -0.1) is 0 Å². The van der Waals surface area contributed by atoms with Crippen LogP contribution in [0, 0.1) is 5.92 Å². The lowest BCUT2D eigenvalue weighted by atomic mass is 10.1. The molecule has 0 saturated carbocycles. The maximum atomic E-state index is 11.6. The van der Waals surface area contributed by atoms with Crippen LogP contribution in [-0.2, 0) is 24.3 Å². The molecule has 0 heterocycles. The van der Waals surface area contributed by atoms with Gasteiger partial charge in [-0.2, -0.15) is 11.8 Å². The van der Waals surface area contributed by atoms with E-state index in [0.717, 1.165) is 5.75 Å². The van der Waals surface area contributed by atoms with Crippen molar-refractivity contribution in [1.29, 1.82) is 0 Å². The Hall–Kier alpha value is -0.150. The molecule has 1 N–H and O–H groups in total. The standard InChI is InChI=1S/C14H29NO5S2/c1-12(2)14(16)5-7-19-8-6-15-22(17,18)11-20-9-10-21-13(3)4/h12-13,15H,5-11H2,1-4H3. The fourth-order valence-electron chi connectivity index (χ4n) is 1.39. The van der Waals surface area contributed by atoms with Crippen molar-refractivity contribution in [1.82, 2.24) is 4.72 Å². The molecular weight excluding hydrogens is 326 g/mol. The van der Waals surface area contributed by atoms with Gasteiger partial charge in [-0.1, -0.05) is 27.7 Å². The van der Waals surface area contributed by atoms with Crippen LogP contribution >= 0.6 is 11.8 Å². The van der Waals surface area contributed by atoms with Crippen LogP contribution in [0.15, 0.2) is 0 Å². The molecule has 132 valence electrons. The third-order valence-corrected chi connectivity index (χ3v) is 4.81. The second kappa shape index (κ2) is 12.3. The number of hydrogen-bond donors (Lipinski definition) is 1. The third-order valence-electron chi connectivity index (χ3n) is 2.62. The zero-order valence-electron chi connectivity index (χ0n) is 14.0. The summed E-state index contributed by atoms with van der Waals surface area (Å²) in [6.45, 7) is 9.01. The van der Waals surface area contributed by atoms with Gasteiger partial charge in [0.2, 0.25) is 10.0 Å². The lowest BCUT2D eigenvalue weighted by Gasteiger charge is -2.09. The monoisotopic (exact) mass is 355 g/mol. The summed E-state index contributed by atoms with van der Waals surface area (Å²) >= 11 is 1.73. The molecule has 0 aromatic heterocycles. The zero-order valence-corrected chi connectivity index (χ0v) is 15.6. The SMILES string of the molecule is CC(C)SCCOCS(=O)(=O)NCCOCCC(=O)C(C)C. The van der Waals surface area contributed by atoms with Crippen LogP contribution in [0.4, 0.5) is 0 Å². The highest BCUT2D eigenvalue weighted by atomic mass is 32.2. The molecule has 0 unspecified atom stereocenters. The average Bonchev–Trinajstić information content (AvgIpc) is 2.41. The summed E-state index contributed by atoms with van der Waals surface area (Å²) in [6, 6.07) is 0. The van der Waals surface area contributed by atoms with Crippen LogP contribution in [0.3, 0.4) is 0 Å². The summed E-state index contributed by atoms with van der Waals surface area (Å²) in [5.74, 6) is 0.596. The van der Waals surface area contributed by atoms with E-state index < -0.39 is 10.0 Å². The van der Waals surface area contributed by atoms with Crippen molar-refractivity contribution in [3.8, 4) is 0 Å². The van der Waals surface area contributed by atoms with Crippen LogP contribution in [0.2, 0.25) is 0 Å². The Balaban J connectivity index is 3.58. The molecule has 0 bridgehead atoms. The van der Waals surface area contributed by atoms with Crippen molar-refractivity contribution in [2.75, 3.05) is 38.1 Å². The Labute approximate surface area is 138 Å². The first-order valence-corrected chi connectivity index (χ1v) is 10.2. The van der Waals surface area contributed by atoms with Crippen LogP contribution in [0.1, 0.15) is 34.1 Å². The minimum Gasteiger partial charge on any atom is -0.380 e. The molecule has 0 aliphatic rings. The predicted octanol–water partition coefficient (Wildman–Crippen LogP) is 1.65. The van der Waals surface area contributed by atoms with Crippen molar-refractivity contribution in [2.45, 2.75) is 39.4 Å². The quantitative estimate of drug-likeness (QED) is 0.477. The lowest BCUT2D eigenvalue weighted by molar-refractivity contribution is -0.122. The summed E-state index contributed by atoms with van der Waals surface area (Å²) in [5, 5.41) is 0.512. The van der Waals surface area contributed by atoms with E-state index >= 15 is 0 Å². The largest absolute Gasteiger partial charge is 0.380 e. The van der Waals surface area contributed by atoms with Gasteiger partial charge in [-0.25, -0.2) is 13.1 Å². The highest BCUT2D eigenvalue weighted by Gasteiger charge is 2.10. The van der Waals surface area contributed by atoms with E-state index in [-0.39, 0.29) is 30.8 Å². The van der Waals surface area contributed by atoms with Gasteiger partial charge >= 0.3 is 0 Å². The van der Waals surface area contributed by atoms with Crippen molar-refractivity contribution in [2.24, 2.45) is 5.92 Å². The van der Waals surface area contributed by atoms with Crippen LogP contribution in [0.25, 0.3) is 0 Å². The molecule has 0 aromatic carbocycles. The molecule has 0 aliphatic carbocycles. The molecule has 0 fully saturated rings. The van der Waals surface area contributed by atoms with E-state index in [1.54, 1.807) is 11.8 Å². The zero-order chi connectivity index (χ0) is 17.0. The number of carbonyl (C=O) groups excluding carboxylic acids is 1. The minimum absolute atomic E-state index is 0.00751. The first-order chi connectivity index (χ1) is 10.2. The van der Waals surface area contributed by atoms with Gasteiger partial charge in [0.05, 0.1) is 19.8 Å². The van der Waals surface area contributed by atoms with Gasteiger partial charge in [0.1, 0.15) is 5.78 Å². The Morgan fingerprint density at radius 2 is 1.77 bits per heavy atom. The van der Waals surface area contributed by atoms with Crippen molar-refractivity contribution >= 4 is 27.6 Å². The molecule has 0 spiro atoms. The van der Waals surface area contributed by atoms with Crippen LogP contribution in [-0.4, -0.2) is 57.5 Å². The second-order valence-corrected chi connectivity index (χ2v) is 8.88. The summed E-state index contributed by atoms with van der Waals surface area (Å²) in [5.41, 5.74) is 0. The van der Waals surface area contributed by atoms with E-state index in [2.05, 4.69) is 18.6 Å². The van der Waals surface area contributed by atoms with E-state index in [4.69, 9.17) is 9.47 Å². The number of ether oxygens (including phenoxy) is 2. The fourth-order valence-corrected chi connectivity index (χ4v) is 2.89. The first-order valence-electron chi connectivity index (χ1n) is 7.51. The van der Waals surface area contributed by atoms with Gasteiger partial charge in [0, 0.05) is 24.6 Å². The minimum atomic E-state index is -3.43. The van der Waals surface area contributed by atoms with Gasteiger partial charge in [-0.3, -0.25) is 4.79 Å². The predicted molar refractivity (Wildman–Crippen MR) is 90.6 cm³/mol. The van der Waals surface area contributed by atoms with E-state index in [0.29, 0.717) is 24.9 Å². The Morgan fingerprint density at radius 1 is 1.09 bits per heavy atom. The first kappa shape index (κ1) is 21.9. The molecular formula is C14H29NO5S2. The number of nitrogens with one attached hydrogen (secondary N) is 1. The molecule has 0 amide bonds. The molecule has 22 heavy (non-hydrogen) atoms. The van der Waals surface area contributed by atoms with E-state index in [1.165, 1.54) is 0 Å². The van der Waals surface area contributed by atoms with E-state index in [9.17, 15) is 13.2 Å². The highest BCUT2D eigenvalue weighted by molar-refractivity contribution is 7.99. The maximum Gasteiger partial charge on any atom is 0.235 e. The van der Waals surface area contributed by atoms with Crippen molar-refractivity contribution < 1.29 is 22.7 Å². The summed E-state index contributed by atoms with van der Waals surface area (Å²) in [6.07, 6.45) is 0.362. The number of rotatable bonds is 14. The maximum absolute atomic E-state index is 11.6. The highest BCUT2D eigenvalue weighted by Crippen LogP contribution is 2.07. The number of hydrogen-bond acceptors (Lipinski definition) is 6. The molecule has 0 rings (SSSR count). The van der Waals surface area contributed by atoms with Crippen LogP contribution in [0.5, 0.6) is 0 Å². The molecule has 0 aromatic rings. The third kappa shape index (κ3) is 13.5. The number of sulfonamides is 1. The average molecular weight is 356 g/mol. The molecule has 8 heteroatoms. The second-order valence-electron chi connectivity index (χ2n) is 5.44. The van der Waals surface area contributed by atoms with Crippen molar-refractivity contribution in [3.63, 3.8) is 0 Å². The van der Waals surface area contributed by atoms with E-state index in [1.807, 2.05) is 13.8 Å². The Morgan fingerprint density at radius 3 is 2.36 bits per heavy atom. The van der Waals surface area contributed by atoms with Gasteiger partial charge < -0.3 is 9.47 Å². The van der Waals surface area contributed by atoms with Crippen molar-refractivity contribution in [3.05, 3.63) is 0 Å². The smallest absolute Gasteiger partial charge is 0.235 e. The van der Waals surface area contributed by atoms with Crippen LogP contribution < -0.4 is 4.72 Å². The van der Waals surface area contributed by atoms with Gasteiger partial charge in [-0.05, 0) is 5.25 Å². The number of Topliss-reactive ketones (excluding diaryl/α,β-unsaturated/α-hetero) is 1. The molecule has 0 radical (unpaired) electrons. The number of ketones is 1. The lowest BCUT2D eigenvalue weighted by Crippen LogP contribution is -2.31. The van der Waals surface area contributed by atoms with Gasteiger partial charge in [0.25, 0.3) is 0 Å².